The van der Waals surface area contributed by atoms with Crippen LogP contribution in [0.1, 0.15) is 24.8 Å². The molecule has 1 unspecified atom stereocenters. The highest BCUT2D eigenvalue weighted by Crippen LogP contribution is 2.45. The molecule has 1 aromatic carbocycles. The van der Waals surface area contributed by atoms with E-state index in [2.05, 4.69) is 27.0 Å². The molecule has 0 aliphatic carbocycles. The van der Waals surface area contributed by atoms with Gasteiger partial charge >= 0.3 is 0 Å². The number of amides is 1. The lowest BCUT2D eigenvalue weighted by molar-refractivity contribution is -0.133. The number of aryl methyl sites for hydroxylation is 1. The molecule has 148 valence electrons. The summed E-state index contributed by atoms with van der Waals surface area (Å²) in [4.78, 5) is 25.6. The molecule has 2 saturated heterocycles. The highest BCUT2D eigenvalue weighted by molar-refractivity contribution is 5.76. The molecule has 0 bridgehead atoms. The number of carbonyl (C=O) groups excluding carboxylic acids is 1. The quantitative estimate of drug-likeness (QED) is 0.861. The molecule has 4 rings (SSSR count). The smallest absolute Gasteiger partial charge is 0.225 e. The van der Waals surface area contributed by atoms with E-state index >= 15 is 0 Å². The van der Waals surface area contributed by atoms with E-state index in [-0.39, 0.29) is 23.8 Å². The minimum atomic E-state index is 0.0458. The van der Waals surface area contributed by atoms with Gasteiger partial charge in [-0.05, 0) is 36.3 Å². The second-order valence-corrected chi connectivity index (χ2v) is 8.04. The van der Waals surface area contributed by atoms with Crippen molar-refractivity contribution in [3.05, 3.63) is 54.4 Å². The lowest BCUT2D eigenvalue weighted by Gasteiger charge is -2.42. The molecule has 2 fully saturated rings. The van der Waals surface area contributed by atoms with Gasteiger partial charge in [-0.2, -0.15) is 0 Å². The summed E-state index contributed by atoms with van der Waals surface area (Å²) >= 11 is 0. The maximum Gasteiger partial charge on any atom is 0.225 e. The highest BCUT2D eigenvalue weighted by Gasteiger charge is 2.48. The van der Waals surface area contributed by atoms with E-state index in [1.165, 1.54) is 5.56 Å². The normalized spacial score (nSPS) is 21.2. The summed E-state index contributed by atoms with van der Waals surface area (Å²) in [6.07, 6.45) is 6.73. The molecule has 1 atom stereocenters. The number of likely N-dealkylation sites (tertiary alicyclic amines) is 1. The van der Waals surface area contributed by atoms with E-state index in [0.717, 1.165) is 51.4 Å². The Bertz CT molecular complexity index is 776. The van der Waals surface area contributed by atoms with Gasteiger partial charge in [-0.1, -0.05) is 30.3 Å². The second kappa shape index (κ2) is 8.27. The average molecular weight is 380 g/mol. The molecule has 2 aromatic rings. The van der Waals surface area contributed by atoms with Crippen LogP contribution in [0.2, 0.25) is 0 Å². The summed E-state index contributed by atoms with van der Waals surface area (Å²) in [6, 6.07) is 12.0. The first-order valence-electron chi connectivity index (χ1n) is 10.1. The maximum atomic E-state index is 12.7. The fraction of sp³-hybridized carbons (Fsp3) is 0.500. The van der Waals surface area contributed by atoms with Crippen LogP contribution in [0, 0.1) is 11.3 Å². The molecule has 6 nitrogen and oxygen atoms in total. The predicted molar refractivity (Wildman–Crippen MR) is 108 cm³/mol. The van der Waals surface area contributed by atoms with Crippen molar-refractivity contribution in [3.8, 4) is 0 Å². The second-order valence-electron chi connectivity index (χ2n) is 8.04. The zero-order chi connectivity index (χ0) is 19.4. The lowest BCUT2D eigenvalue weighted by Crippen LogP contribution is -2.47. The first kappa shape index (κ1) is 18.9. The first-order chi connectivity index (χ1) is 13.7. The Morgan fingerprint density at radius 1 is 1.11 bits per heavy atom. The van der Waals surface area contributed by atoms with Crippen LogP contribution >= 0.6 is 0 Å². The molecule has 6 heteroatoms. The molecule has 28 heavy (non-hydrogen) atoms. The minimum absolute atomic E-state index is 0.0458. The van der Waals surface area contributed by atoms with Gasteiger partial charge in [-0.25, -0.2) is 9.97 Å². The van der Waals surface area contributed by atoms with Crippen LogP contribution in [0.25, 0.3) is 0 Å². The third-order valence-electron chi connectivity index (χ3n) is 6.45. The Morgan fingerprint density at radius 2 is 1.82 bits per heavy atom. The summed E-state index contributed by atoms with van der Waals surface area (Å²) in [5.41, 5.74) is 1.25. The largest absolute Gasteiger partial charge is 0.396 e. The fourth-order valence-corrected chi connectivity index (χ4v) is 4.71. The van der Waals surface area contributed by atoms with Gasteiger partial charge in [0.15, 0.2) is 0 Å². The van der Waals surface area contributed by atoms with Gasteiger partial charge in [0.05, 0.1) is 0 Å². The molecule has 1 aromatic heterocycles. The van der Waals surface area contributed by atoms with Gasteiger partial charge in [0.2, 0.25) is 11.9 Å². The van der Waals surface area contributed by atoms with Crippen molar-refractivity contribution in [1.82, 2.24) is 14.9 Å². The SMILES string of the molecule is O=C(CCc1ccccc1)N1CCC2(CC1)CN(c1ncccn1)CC2CO. The number of piperidine rings is 1. The van der Waals surface area contributed by atoms with Crippen LogP contribution in [0.3, 0.4) is 0 Å². The summed E-state index contributed by atoms with van der Waals surface area (Å²) < 4.78 is 0. The number of rotatable bonds is 5. The van der Waals surface area contributed by atoms with E-state index in [1.807, 2.05) is 29.2 Å². The minimum Gasteiger partial charge on any atom is -0.396 e. The van der Waals surface area contributed by atoms with Gasteiger partial charge in [0.1, 0.15) is 0 Å². The van der Waals surface area contributed by atoms with E-state index in [1.54, 1.807) is 12.4 Å². The van der Waals surface area contributed by atoms with Crippen molar-refractivity contribution < 1.29 is 9.90 Å². The summed E-state index contributed by atoms with van der Waals surface area (Å²) in [5, 5.41) is 9.99. The molecule has 1 N–H and O–H groups in total. The number of anilines is 1. The number of hydrogen-bond donors (Lipinski definition) is 1. The third kappa shape index (κ3) is 3.87. The van der Waals surface area contributed by atoms with Gasteiger partial charge in [-0.15, -0.1) is 0 Å². The van der Waals surface area contributed by atoms with Crippen molar-refractivity contribution in [2.45, 2.75) is 25.7 Å². The molecular weight excluding hydrogens is 352 g/mol. The van der Waals surface area contributed by atoms with Crippen LogP contribution < -0.4 is 4.90 Å². The van der Waals surface area contributed by atoms with Crippen molar-refractivity contribution in [2.24, 2.45) is 11.3 Å². The Balaban J connectivity index is 1.35. The molecule has 0 radical (unpaired) electrons. The first-order valence-corrected chi connectivity index (χ1v) is 10.1. The summed E-state index contributed by atoms with van der Waals surface area (Å²) in [7, 11) is 0. The van der Waals surface area contributed by atoms with E-state index < -0.39 is 0 Å². The Morgan fingerprint density at radius 3 is 2.50 bits per heavy atom. The number of aliphatic hydroxyl groups excluding tert-OH is 1. The van der Waals surface area contributed by atoms with E-state index in [4.69, 9.17) is 0 Å². The third-order valence-corrected chi connectivity index (χ3v) is 6.45. The number of aromatic nitrogens is 2. The Hall–Kier alpha value is -2.47. The number of carbonyl (C=O) groups is 1. The number of aliphatic hydroxyl groups is 1. The molecule has 0 saturated carbocycles. The van der Waals surface area contributed by atoms with Gasteiger partial charge in [-0.3, -0.25) is 4.79 Å². The summed E-state index contributed by atoms with van der Waals surface area (Å²) in [6.45, 7) is 3.35. The monoisotopic (exact) mass is 380 g/mol. The topological polar surface area (TPSA) is 69.6 Å². The van der Waals surface area contributed by atoms with Gasteiger partial charge in [0.25, 0.3) is 0 Å². The van der Waals surface area contributed by atoms with Gasteiger partial charge < -0.3 is 14.9 Å². The molecule has 1 spiro atoms. The maximum absolute atomic E-state index is 12.7. The number of hydrogen-bond acceptors (Lipinski definition) is 5. The molecule has 3 heterocycles. The molecular formula is C22H28N4O2. The number of benzene rings is 1. The molecule has 1 amide bonds. The zero-order valence-electron chi connectivity index (χ0n) is 16.2. The standard InChI is InChI=1S/C22H28N4O2/c27-16-19-15-26(21-23-11-4-12-24-21)17-22(19)9-13-25(14-10-22)20(28)8-7-18-5-2-1-3-6-18/h1-6,11-12,19,27H,7-10,13-17H2. The van der Waals surface area contributed by atoms with Crippen molar-refractivity contribution in [3.63, 3.8) is 0 Å². The van der Waals surface area contributed by atoms with E-state index in [9.17, 15) is 9.90 Å². The Labute approximate surface area is 166 Å². The van der Waals surface area contributed by atoms with E-state index in [0.29, 0.717) is 6.42 Å². The van der Waals surface area contributed by atoms with Crippen LogP contribution in [-0.2, 0) is 11.2 Å². The van der Waals surface area contributed by atoms with Gasteiger partial charge in [0, 0.05) is 57.5 Å². The van der Waals surface area contributed by atoms with Crippen LogP contribution in [0.15, 0.2) is 48.8 Å². The van der Waals surface area contributed by atoms with Crippen LogP contribution in [0.4, 0.5) is 5.95 Å². The van der Waals surface area contributed by atoms with Crippen molar-refractivity contribution in [1.29, 1.82) is 0 Å². The lowest BCUT2D eigenvalue weighted by atomic mass is 9.71. The highest BCUT2D eigenvalue weighted by atomic mass is 16.3. The Kier molecular flexibility index (Phi) is 5.57. The number of nitrogens with zero attached hydrogens (tertiary/aromatic N) is 4. The summed E-state index contributed by atoms with van der Waals surface area (Å²) in [5.74, 6) is 1.18. The van der Waals surface area contributed by atoms with Crippen LogP contribution in [-0.4, -0.2) is 58.7 Å². The predicted octanol–water partition coefficient (Wildman–Crippen LogP) is 2.15. The fourth-order valence-electron chi connectivity index (χ4n) is 4.71. The van der Waals surface area contributed by atoms with Crippen molar-refractivity contribution >= 4 is 11.9 Å². The molecule has 2 aliphatic rings. The van der Waals surface area contributed by atoms with Crippen molar-refractivity contribution in [2.75, 3.05) is 37.7 Å². The van der Waals surface area contributed by atoms with Crippen LogP contribution in [0.5, 0.6) is 0 Å². The molecule has 2 aliphatic heterocycles. The average Bonchev–Trinajstić information content (AvgIpc) is 3.12. The zero-order valence-corrected chi connectivity index (χ0v) is 16.2.